The number of hydrogen-bond acceptors (Lipinski definition) is 0. The summed E-state index contributed by atoms with van der Waals surface area (Å²) in [7, 11) is 0. The summed E-state index contributed by atoms with van der Waals surface area (Å²) < 4.78 is 0. The Kier molecular flexibility index (Phi) is 4.99. The quantitative estimate of drug-likeness (QED) is 0.474. The van der Waals surface area contributed by atoms with Crippen LogP contribution in [0.25, 0.3) is 5.57 Å². The largest absolute Gasteiger partial charge is 0.0952 e. The first kappa shape index (κ1) is 19.9. The average molecular weight is 391 g/mol. The van der Waals surface area contributed by atoms with Crippen LogP contribution in [0.1, 0.15) is 114 Å². The first-order valence-corrected chi connectivity index (χ1v) is 12.9. The molecule has 0 radical (unpaired) electrons. The van der Waals surface area contributed by atoms with Crippen molar-refractivity contribution in [3.8, 4) is 0 Å². The molecule has 0 spiro atoms. The van der Waals surface area contributed by atoms with Crippen LogP contribution in [0.15, 0.2) is 18.7 Å². The second-order valence-electron chi connectivity index (χ2n) is 11.3. The van der Waals surface area contributed by atoms with Crippen LogP contribution >= 0.6 is 0 Å². The van der Waals surface area contributed by atoms with Crippen LogP contribution in [0.4, 0.5) is 0 Å². The zero-order chi connectivity index (χ0) is 20.2. The number of allylic oxidation sites excluding steroid dienone is 1. The Morgan fingerprint density at radius 2 is 1.83 bits per heavy atom. The highest BCUT2D eigenvalue weighted by Gasteiger charge is 2.61. The Labute approximate surface area is 179 Å². The third-order valence-electron chi connectivity index (χ3n) is 10.3. The van der Waals surface area contributed by atoms with E-state index in [1.54, 1.807) is 11.1 Å². The van der Waals surface area contributed by atoms with Gasteiger partial charge in [0.25, 0.3) is 0 Å². The maximum Gasteiger partial charge on any atom is 0.00154 e. The van der Waals surface area contributed by atoms with E-state index in [0.717, 1.165) is 24.2 Å². The van der Waals surface area contributed by atoms with Gasteiger partial charge in [-0.3, -0.25) is 0 Å². The van der Waals surface area contributed by atoms with Crippen LogP contribution in [0.2, 0.25) is 0 Å². The van der Waals surface area contributed by atoms with Crippen molar-refractivity contribution >= 4 is 5.57 Å². The van der Waals surface area contributed by atoms with Crippen molar-refractivity contribution in [3.05, 3.63) is 41.0 Å². The Morgan fingerprint density at radius 3 is 2.52 bits per heavy atom. The molecule has 0 heteroatoms. The minimum atomic E-state index is 0.453. The summed E-state index contributed by atoms with van der Waals surface area (Å²) in [6, 6.07) is 4.99. The molecule has 0 aliphatic heterocycles. The second-order valence-corrected chi connectivity index (χ2v) is 11.3. The van der Waals surface area contributed by atoms with Gasteiger partial charge in [0.1, 0.15) is 0 Å². The summed E-state index contributed by atoms with van der Waals surface area (Å²) in [5.74, 6) is 2.97. The molecule has 0 saturated heterocycles. The Bertz CT molecular complexity index is 797. The molecule has 1 aromatic rings. The summed E-state index contributed by atoms with van der Waals surface area (Å²) >= 11 is 0. The van der Waals surface area contributed by atoms with Crippen molar-refractivity contribution in [3.63, 3.8) is 0 Å². The standard InChI is InChI=1S/C29H42/c1-5-20(3)25-13-12-23-19-26-22(18-21-10-9-11-21)14-17-29(27(23)24(25)6-2)16-8-7-15-28(26,29)4/h12-13,21-22,26H,3,5-11,14-19H2,1-2,4H3. The minimum absolute atomic E-state index is 0.453. The SMILES string of the molecule is C=C(CC)c1ccc2c(c1CC)C13CCCCC1(C)C(C2)C(CC1CCC1)CC3. The highest BCUT2D eigenvalue weighted by atomic mass is 14.7. The highest BCUT2D eigenvalue weighted by Crippen LogP contribution is 2.68. The smallest absolute Gasteiger partial charge is 0.00154 e. The highest BCUT2D eigenvalue weighted by molar-refractivity contribution is 5.69. The van der Waals surface area contributed by atoms with E-state index in [9.17, 15) is 0 Å². The summed E-state index contributed by atoms with van der Waals surface area (Å²) in [4.78, 5) is 0. The first-order valence-electron chi connectivity index (χ1n) is 12.9. The number of fused-ring (bicyclic) bond motifs is 1. The molecule has 158 valence electrons. The second kappa shape index (κ2) is 7.28. The monoisotopic (exact) mass is 390 g/mol. The molecule has 0 heterocycles. The van der Waals surface area contributed by atoms with E-state index in [-0.39, 0.29) is 0 Å². The molecule has 0 amide bonds. The van der Waals surface area contributed by atoms with Gasteiger partial charge in [0, 0.05) is 5.41 Å². The van der Waals surface area contributed by atoms with Gasteiger partial charge >= 0.3 is 0 Å². The third kappa shape index (κ3) is 2.76. The van der Waals surface area contributed by atoms with Crippen LogP contribution in [-0.4, -0.2) is 0 Å². The van der Waals surface area contributed by atoms with Gasteiger partial charge in [-0.2, -0.15) is 0 Å². The van der Waals surface area contributed by atoms with Gasteiger partial charge in [0.05, 0.1) is 0 Å². The molecule has 29 heavy (non-hydrogen) atoms. The lowest BCUT2D eigenvalue weighted by molar-refractivity contribution is -0.0809. The van der Waals surface area contributed by atoms with Crippen molar-refractivity contribution in [2.24, 2.45) is 23.2 Å². The molecule has 0 nitrogen and oxygen atoms in total. The molecule has 1 aromatic carbocycles. The number of hydrogen-bond donors (Lipinski definition) is 0. The topological polar surface area (TPSA) is 0 Å². The molecule has 3 fully saturated rings. The van der Waals surface area contributed by atoms with Crippen molar-refractivity contribution in [2.45, 2.75) is 110 Å². The maximum atomic E-state index is 4.46. The normalized spacial score (nSPS) is 36.1. The van der Waals surface area contributed by atoms with E-state index in [1.807, 2.05) is 5.56 Å². The van der Waals surface area contributed by atoms with Crippen molar-refractivity contribution in [1.29, 1.82) is 0 Å². The zero-order valence-corrected chi connectivity index (χ0v) is 19.3. The van der Waals surface area contributed by atoms with Gasteiger partial charge < -0.3 is 0 Å². The molecule has 4 aliphatic rings. The number of rotatable bonds is 5. The van der Waals surface area contributed by atoms with E-state index >= 15 is 0 Å². The molecule has 4 atom stereocenters. The van der Waals surface area contributed by atoms with E-state index in [2.05, 4.69) is 39.5 Å². The lowest BCUT2D eigenvalue weighted by Gasteiger charge is -2.65. The molecule has 4 aliphatic carbocycles. The fraction of sp³-hybridized carbons (Fsp3) is 0.724. The van der Waals surface area contributed by atoms with Gasteiger partial charge in [0.2, 0.25) is 0 Å². The minimum Gasteiger partial charge on any atom is -0.0952 e. The van der Waals surface area contributed by atoms with Gasteiger partial charge in [-0.25, -0.2) is 0 Å². The van der Waals surface area contributed by atoms with E-state index < -0.39 is 0 Å². The summed E-state index contributed by atoms with van der Waals surface area (Å²) in [5.41, 5.74) is 9.06. The van der Waals surface area contributed by atoms with Crippen molar-refractivity contribution < 1.29 is 0 Å². The average Bonchev–Trinajstić information content (AvgIpc) is 2.70. The predicted octanol–water partition coefficient (Wildman–Crippen LogP) is 8.26. The Balaban J connectivity index is 1.64. The molecular formula is C29H42. The van der Waals surface area contributed by atoms with E-state index in [0.29, 0.717) is 10.8 Å². The Hall–Kier alpha value is -1.04. The summed E-state index contributed by atoms with van der Waals surface area (Å²) in [6.07, 6.45) is 18.4. The first-order chi connectivity index (χ1) is 14.0. The van der Waals surface area contributed by atoms with Gasteiger partial charge in [0.15, 0.2) is 0 Å². The predicted molar refractivity (Wildman–Crippen MR) is 125 cm³/mol. The third-order valence-corrected chi connectivity index (χ3v) is 10.3. The molecule has 3 saturated carbocycles. The zero-order valence-electron chi connectivity index (χ0n) is 19.3. The lowest BCUT2D eigenvalue weighted by Crippen LogP contribution is -2.60. The molecular weight excluding hydrogens is 348 g/mol. The Morgan fingerprint density at radius 1 is 1.03 bits per heavy atom. The summed E-state index contributed by atoms with van der Waals surface area (Å²) in [6.45, 7) is 11.9. The lowest BCUT2D eigenvalue weighted by atomic mass is 9.38. The molecule has 5 rings (SSSR count). The van der Waals surface area contributed by atoms with E-state index in [4.69, 9.17) is 0 Å². The van der Waals surface area contributed by atoms with Gasteiger partial charge in [-0.15, -0.1) is 0 Å². The molecule has 0 N–H and O–H groups in total. The van der Waals surface area contributed by atoms with Crippen molar-refractivity contribution in [1.82, 2.24) is 0 Å². The fourth-order valence-corrected chi connectivity index (χ4v) is 8.50. The van der Waals surface area contributed by atoms with Crippen molar-refractivity contribution in [2.75, 3.05) is 0 Å². The van der Waals surface area contributed by atoms with Gasteiger partial charge in [-0.05, 0) is 102 Å². The van der Waals surface area contributed by atoms with Crippen LogP contribution in [-0.2, 0) is 18.3 Å². The maximum absolute atomic E-state index is 4.46. The van der Waals surface area contributed by atoms with Crippen LogP contribution < -0.4 is 0 Å². The van der Waals surface area contributed by atoms with Gasteiger partial charge in [-0.1, -0.05) is 71.6 Å². The molecule has 2 bridgehead atoms. The molecule has 4 unspecified atom stereocenters. The molecule has 0 aromatic heterocycles. The van der Waals surface area contributed by atoms with Crippen LogP contribution in [0, 0.1) is 23.2 Å². The van der Waals surface area contributed by atoms with Crippen LogP contribution in [0.3, 0.4) is 0 Å². The number of benzene rings is 1. The fourth-order valence-electron chi connectivity index (χ4n) is 8.50. The summed E-state index contributed by atoms with van der Waals surface area (Å²) in [5, 5.41) is 0. The van der Waals surface area contributed by atoms with Crippen LogP contribution in [0.5, 0.6) is 0 Å². The van der Waals surface area contributed by atoms with E-state index in [1.165, 1.54) is 88.2 Å².